The van der Waals surface area contributed by atoms with Gasteiger partial charge in [-0.1, -0.05) is 48.9 Å². The third kappa shape index (κ3) is 6.40. The van der Waals surface area contributed by atoms with Crippen molar-refractivity contribution >= 4 is 29.3 Å². The number of rotatable bonds is 7. The molecule has 190 valence electrons. The fourth-order valence-electron chi connectivity index (χ4n) is 3.96. The van der Waals surface area contributed by atoms with Gasteiger partial charge >= 0.3 is 18.1 Å². The van der Waals surface area contributed by atoms with E-state index in [1.54, 1.807) is 24.3 Å². The van der Waals surface area contributed by atoms with Crippen LogP contribution in [0.5, 0.6) is 0 Å². The van der Waals surface area contributed by atoms with Crippen molar-refractivity contribution in [3.05, 3.63) is 57.1 Å². The maximum absolute atomic E-state index is 13.4. The molecule has 3 rings (SSSR count). The molecule has 2 heterocycles. The standard InChI is InChI=1S/C23H27ClF3N4O4/c1-15-8-10-31(11-9-15,22(34)23(25,26)27)14-28-20-21(33)30(16(2)19(24)29-20)12-18(32)35-13-17-6-4-3-5-7-17/h3-7,15H,8-14H2,1-2H3,(H,28,29)/q+1. The fraction of sp³-hybridized carbons (Fsp3) is 0.478. The summed E-state index contributed by atoms with van der Waals surface area (Å²) in [6.07, 6.45) is -4.16. The van der Waals surface area contributed by atoms with Crippen molar-refractivity contribution in [1.29, 1.82) is 0 Å². The van der Waals surface area contributed by atoms with Crippen LogP contribution in [0.15, 0.2) is 35.1 Å². The van der Waals surface area contributed by atoms with Crippen molar-refractivity contribution in [1.82, 2.24) is 9.55 Å². The van der Waals surface area contributed by atoms with Crippen LogP contribution in [0.3, 0.4) is 0 Å². The summed E-state index contributed by atoms with van der Waals surface area (Å²) in [5.74, 6) is -2.73. The molecule has 12 heteroatoms. The van der Waals surface area contributed by atoms with Gasteiger partial charge in [0.15, 0.2) is 17.6 Å². The second kappa shape index (κ2) is 10.8. The largest absolute Gasteiger partial charge is 0.509 e. The zero-order chi connectivity index (χ0) is 25.8. The van der Waals surface area contributed by atoms with Crippen molar-refractivity contribution in [3.63, 3.8) is 0 Å². The number of hydrogen-bond acceptors (Lipinski definition) is 6. The molecule has 0 radical (unpaired) electrons. The van der Waals surface area contributed by atoms with Gasteiger partial charge in [0.1, 0.15) is 13.2 Å². The lowest BCUT2D eigenvalue weighted by atomic mass is 9.97. The topological polar surface area (TPSA) is 90.3 Å². The number of aromatic nitrogens is 2. The Morgan fingerprint density at radius 3 is 2.46 bits per heavy atom. The van der Waals surface area contributed by atoms with Crippen molar-refractivity contribution in [3.8, 4) is 0 Å². The summed E-state index contributed by atoms with van der Waals surface area (Å²) in [5.41, 5.74) is 0.201. The number of alkyl halides is 3. The van der Waals surface area contributed by atoms with E-state index < -0.39 is 41.3 Å². The maximum Gasteiger partial charge on any atom is 0.509 e. The predicted molar refractivity (Wildman–Crippen MR) is 122 cm³/mol. The Labute approximate surface area is 205 Å². The number of ether oxygens (including phenoxy) is 1. The SMILES string of the molecule is Cc1c(Cl)nc(NC[N+]2(C(=O)C(F)(F)F)CCC(C)CC2)c(=O)n1CC(=O)OCc1ccccc1. The number of nitrogens with zero attached hydrogens (tertiary/aromatic N) is 3. The highest BCUT2D eigenvalue weighted by atomic mass is 35.5. The zero-order valence-electron chi connectivity index (χ0n) is 19.4. The van der Waals surface area contributed by atoms with Gasteiger partial charge in [-0.15, -0.1) is 0 Å². The van der Waals surface area contributed by atoms with E-state index in [0.29, 0.717) is 12.8 Å². The number of likely N-dealkylation sites (tertiary alicyclic amines) is 1. The third-order valence-corrected chi connectivity index (χ3v) is 6.57. The van der Waals surface area contributed by atoms with E-state index >= 15 is 0 Å². The van der Waals surface area contributed by atoms with Gasteiger partial charge in [-0.05, 0) is 31.2 Å². The van der Waals surface area contributed by atoms with Gasteiger partial charge in [-0.25, -0.2) is 14.3 Å². The van der Waals surface area contributed by atoms with E-state index in [1.807, 2.05) is 13.0 Å². The molecule has 1 amide bonds. The lowest BCUT2D eigenvalue weighted by Crippen LogP contribution is -2.63. The molecule has 1 saturated heterocycles. The summed E-state index contributed by atoms with van der Waals surface area (Å²) in [4.78, 5) is 41.6. The quantitative estimate of drug-likeness (QED) is 0.447. The van der Waals surface area contributed by atoms with E-state index in [-0.39, 0.29) is 42.3 Å². The molecule has 0 atom stereocenters. The van der Waals surface area contributed by atoms with Crippen LogP contribution >= 0.6 is 11.6 Å². The Kier molecular flexibility index (Phi) is 8.22. The Morgan fingerprint density at radius 2 is 1.86 bits per heavy atom. The minimum Gasteiger partial charge on any atom is -0.459 e. The number of hydrogen-bond donors (Lipinski definition) is 1. The molecule has 0 aliphatic carbocycles. The van der Waals surface area contributed by atoms with Gasteiger partial charge in [0.2, 0.25) is 0 Å². The third-order valence-electron chi connectivity index (χ3n) is 6.21. The van der Waals surface area contributed by atoms with Crippen LogP contribution in [0.4, 0.5) is 19.0 Å². The molecule has 0 unspecified atom stereocenters. The number of carbonyl (C=O) groups excluding carboxylic acids is 2. The highest BCUT2D eigenvalue weighted by Crippen LogP contribution is 2.30. The van der Waals surface area contributed by atoms with Crippen LogP contribution in [0.1, 0.15) is 31.0 Å². The highest BCUT2D eigenvalue weighted by Gasteiger charge is 2.55. The average molecular weight is 516 g/mol. The van der Waals surface area contributed by atoms with Crippen LogP contribution in [-0.2, 0) is 27.5 Å². The molecule has 1 N–H and O–H groups in total. The lowest BCUT2D eigenvalue weighted by Gasteiger charge is -2.40. The lowest BCUT2D eigenvalue weighted by molar-refractivity contribution is -0.862. The minimum absolute atomic E-state index is 0.00930. The van der Waals surface area contributed by atoms with Crippen molar-refractivity contribution < 1.29 is 32.0 Å². The van der Waals surface area contributed by atoms with Crippen LogP contribution < -0.4 is 10.9 Å². The fourth-order valence-corrected chi connectivity index (χ4v) is 4.14. The number of amides is 1. The van der Waals surface area contributed by atoms with E-state index in [0.717, 1.165) is 10.1 Å². The smallest absolute Gasteiger partial charge is 0.459 e. The second-order valence-corrected chi connectivity index (χ2v) is 9.14. The van der Waals surface area contributed by atoms with Gasteiger partial charge < -0.3 is 10.1 Å². The molecule has 1 fully saturated rings. The van der Waals surface area contributed by atoms with Gasteiger partial charge in [-0.2, -0.15) is 13.2 Å². The van der Waals surface area contributed by atoms with E-state index in [1.165, 1.54) is 6.92 Å². The Hall–Kier alpha value is -2.92. The van der Waals surface area contributed by atoms with Gasteiger partial charge in [0.05, 0.1) is 18.8 Å². The average Bonchev–Trinajstić information content (AvgIpc) is 2.83. The summed E-state index contributed by atoms with van der Waals surface area (Å²) in [6, 6.07) is 8.96. The number of piperidine rings is 1. The molecule has 1 aromatic heterocycles. The van der Waals surface area contributed by atoms with Gasteiger partial charge in [0, 0.05) is 0 Å². The second-order valence-electron chi connectivity index (χ2n) is 8.79. The number of benzene rings is 1. The Bertz CT molecular complexity index is 1130. The molecule has 0 saturated carbocycles. The molecular weight excluding hydrogens is 489 g/mol. The van der Waals surface area contributed by atoms with Crippen molar-refractivity contribution in [2.24, 2.45) is 5.92 Å². The van der Waals surface area contributed by atoms with Crippen LogP contribution in [-0.4, -0.2) is 51.8 Å². The number of nitrogens with one attached hydrogen (secondary N) is 1. The minimum atomic E-state index is -5.02. The molecule has 1 aromatic carbocycles. The molecule has 1 aliphatic rings. The highest BCUT2D eigenvalue weighted by molar-refractivity contribution is 6.30. The first-order valence-corrected chi connectivity index (χ1v) is 11.5. The van der Waals surface area contributed by atoms with Crippen LogP contribution in [0.2, 0.25) is 5.15 Å². The zero-order valence-corrected chi connectivity index (χ0v) is 20.2. The first-order valence-electron chi connectivity index (χ1n) is 11.1. The Morgan fingerprint density at radius 1 is 1.23 bits per heavy atom. The molecule has 8 nitrogen and oxygen atoms in total. The first kappa shape index (κ1) is 26.7. The Balaban J connectivity index is 1.79. The summed E-state index contributed by atoms with van der Waals surface area (Å²) in [7, 11) is 0. The van der Waals surface area contributed by atoms with Crippen LogP contribution in [0.25, 0.3) is 0 Å². The number of esters is 1. The maximum atomic E-state index is 13.4. The monoisotopic (exact) mass is 515 g/mol. The van der Waals surface area contributed by atoms with Gasteiger partial charge in [-0.3, -0.25) is 14.2 Å². The molecule has 35 heavy (non-hydrogen) atoms. The van der Waals surface area contributed by atoms with Crippen molar-refractivity contribution in [2.75, 3.05) is 25.1 Å². The number of carbonyl (C=O) groups is 2. The van der Waals surface area contributed by atoms with E-state index in [2.05, 4.69) is 10.3 Å². The molecule has 2 aromatic rings. The summed E-state index contributed by atoms with van der Waals surface area (Å²) in [6.45, 7) is 2.42. The molecule has 0 bridgehead atoms. The molecule has 0 spiro atoms. The first-order chi connectivity index (χ1) is 16.4. The number of quaternary nitrogens is 1. The predicted octanol–water partition coefficient (Wildman–Crippen LogP) is 3.65. The normalized spacial score (nSPS) is 20.3. The van der Waals surface area contributed by atoms with E-state index in [9.17, 15) is 27.6 Å². The van der Waals surface area contributed by atoms with Crippen molar-refractivity contribution in [2.45, 2.75) is 46.0 Å². The summed E-state index contributed by atoms with van der Waals surface area (Å²) < 4.78 is 45.4. The molecular formula is C23H27ClF3N4O4+. The van der Waals surface area contributed by atoms with Gasteiger partial charge in [0.25, 0.3) is 5.56 Å². The summed E-state index contributed by atoms with van der Waals surface area (Å²) in [5, 5.41) is 2.49. The number of anilines is 1. The van der Waals surface area contributed by atoms with Crippen LogP contribution in [0, 0.1) is 12.8 Å². The molecule has 1 aliphatic heterocycles. The summed E-state index contributed by atoms with van der Waals surface area (Å²) >= 11 is 6.14. The number of halogens is 4. The van der Waals surface area contributed by atoms with E-state index in [4.69, 9.17) is 16.3 Å².